The average Bonchev–Trinajstić information content (AvgIpc) is 2.76. The Hall–Kier alpha value is -2.58. The van der Waals surface area contributed by atoms with Gasteiger partial charge in [0.1, 0.15) is 6.04 Å². The van der Waals surface area contributed by atoms with Crippen molar-refractivity contribution in [1.82, 2.24) is 10.2 Å². The first-order valence-corrected chi connectivity index (χ1v) is 14.3. The number of benzene rings is 2. The van der Waals surface area contributed by atoms with Crippen LogP contribution < -0.4 is 9.62 Å². The minimum absolute atomic E-state index is 0.0850. The second-order valence-corrected chi connectivity index (χ2v) is 12.4. The molecule has 0 saturated heterocycles. The highest BCUT2D eigenvalue weighted by molar-refractivity contribution is 7.92. The average molecular weight is 536 g/mol. The van der Waals surface area contributed by atoms with Crippen LogP contribution in [0.4, 0.5) is 5.69 Å². The summed E-state index contributed by atoms with van der Waals surface area (Å²) in [6.45, 7) is 9.80. The van der Waals surface area contributed by atoms with Gasteiger partial charge in [0.2, 0.25) is 21.8 Å². The van der Waals surface area contributed by atoms with Gasteiger partial charge in [0.25, 0.3) is 0 Å². The minimum atomic E-state index is -3.53. The van der Waals surface area contributed by atoms with Crippen LogP contribution >= 0.6 is 11.6 Å². The standard InChI is InChI=1S/C27H38ClN3O4S/c1-7-24(26(33)29-27(3,4)5)30(19-21-11-8-9-12-23(21)28)25(32)13-10-18-31(36(6,34)35)22-16-14-20(2)15-17-22/h8-9,11-12,14-17,24H,7,10,13,18-19H2,1-6H3,(H,29,33)/t24-/m0/s1. The van der Waals surface area contributed by atoms with Crippen LogP contribution in [0.3, 0.4) is 0 Å². The van der Waals surface area contributed by atoms with E-state index >= 15 is 0 Å². The number of sulfonamides is 1. The molecule has 0 saturated carbocycles. The maximum Gasteiger partial charge on any atom is 0.243 e. The Bertz CT molecular complexity index is 1140. The number of amides is 2. The summed E-state index contributed by atoms with van der Waals surface area (Å²) in [6, 6.07) is 13.8. The van der Waals surface area contributed by atoms with Gasteiger partial charge in [-0.15, -0.1) is 0 Å². The summed E-state index contributed by atoms with van der Waals surface area (Å²) < 4.78 is 26.2. The molecule has 36 heavy (non-hydrogen) atoms. The monoisotopic (exact) mass is 535 g/mol. The molecule has 2 amide bonds. The van der Waals surface area contributed by atoms with Gasteiger partial charge in [0.15, 0.2) is 0 Å². The molecule has 9 heteroatoms. The van der Waals surface area contributed by atoms with Crippen LogP contribution in [-0.2, 0) is 26.2 Å². The fraction of sp³-hybridized carbons (Fsp3) is 0.481. The van der Waals surface area contributed by atoms with Crippen LogP contribution in [0, 0.1) is 6.92 Å². The molecule has 1 N–H and O–H groups in total. The molecule has 0 aromatic heterocycles. The van der Waals surface area contributed by atoms with Crippen molar-refractivity contribution in [2.24, 2.45) is 0 Å². The van der Waals surface area contributed by atoms with Crippen LogP contribution in [0.1, 0.15) is 58.1 Å². The number of carbonyl (C=O) groups is 2. The van der Waals surface area contributed by atoms with Gasteiger partial charge in [0.05, 0.1) is 11.9 Å². The molecule has 0 aliphatic rings. The summed E-state index contributed by atoms with van der Waals surface area (Å²) in [6.07, 6.45) is 1.97. The number of rotatable bonds is 11. The maximum atomic E-state index is 13.5. The summed E-state index contributed by atoms with van der Waals surface area (Å²) >= 11 is 6.37. The van der Waals surface area contributed by atoms with Gasteiger partial charge < -0.3 is 10.2 Å². The SMILES string of the molecule is CC[C@@H](C(=O)NC(C)(C)C)N(Cc1ccccc1Cl)C(=O)CCCN(c1ccc(C)cc1)S(C)(=O)=O. The molecule has 0 heterocycles. The maximum absolute atomic E-state index is 13.5. The van der Waals surface area contributed by atoms with Crippen LogP contribution in [-0.4, -0.2) is 49.5 Å². The van der Waals surface area contributed by atoms with Gasteiger partial charge >= 0.3 is 0 Å². The lowest BCUT2D eigenvalue weighted by atomic mass is 10.0. The van der Waals surface area contributed by atoms with E-state index in [1.54, 1.807) is 23.1 Å². The molecule has 2 aromatic carbocycles. The molecular weight excluding hydrogens is 498 g/mol. The van der Waals surface area contributed by atoms with E-state index in [-0.39, 0.29) is 31.3 Å². The van der Waals surface area contributed by atoms with Crippen molar-refractivity contribution in [1.29, 1.82) is 0 Å². The molecule has 2 aromatic rings. The summed E-state index contributed by atoms with van der Waals surface area (Å²) in [7, 11) is -3.53. The highest BCUT2D eigenvalue weighted by atomic mass is 35.5. The molecule has 2 rings (SSSR count). The predicted octanol–water partition coefficient (Wildman–Crippen LogP) is 4.92. The molecule has 0 unspecified atom stereocenters. The number of nitrogens with zero attached hydrogens (tertiary/aromatic N) is 2. The topological polar surface area (TPSA) is 86.8 Å². The van der Waals surface area contributed by atoms with E-state index in [2.05, 4.69) is 5.32 Å². The third-order valence-corrected chi connectivity index (χ3v) is 7.22. The quantitative estimate of drug-likeness (QED) is 0.442. The van der Waals surface area contributed by atoms with Gasteiger partial charge in [-0.3, -0.25) is 13.9 Å². The minimum Gasteiger partial charge on any atom is -0.350 e. The fourth-order valence-corrected chi connectivity index (χ4v) is 5.06. The predicted molar refractivity (Wildman–Crippen MR) is 147 cm³/mol. The lowest BCUT2D eigenvalue weighted by Gasteiger charge is -2.33. The molecule has 0 aliphatic carbocycles. The van der Waals surface area contributed by atoms with E-state index in [9.17, 15) is 18.0 Å². The largest absolute Gasteiger partial charge is 0.350 e. The van der Waals surface area contributed by atoms with E-state index in [1.807, 2.05) is 65.0 Å². The van der Waals surface area contributed by atoms with Gasteiger partial charge in [0, 0.05) is 30.1 Å². The summed E-state index contributed by atoms with van der Waals surface area (Å²) in [5, 5.41) is 3.49. The highest BCUT2D eigenvalue weighted by Gasteiger charge is 2.31. The molecule has 0 fully saturated rings. The smallest absolute Gasteiger partial charge is 0.243 e. The molecule has 0 spiro atoms. The summed E-state index contributed by atoms with van der Waals surface area (Å²) in [5.41, 5.74) is 1.87. The van der Waals surface area contributed by atoms with E-state index in [0.717, 1.165) is 17.4 Å². The van der Waals surface area contributed by atoms with Crippen LogP contribution in [0.2, 0.25) is 5.02 Å². The number of halogens is 1. The van der Waals surface area contributed by atoms with E-state index in [1.165, 1.54) is 4.31 Å². The fourth-order valence-electron chi connectivity index (χ4n) is 3.90. The van der Waals surface area contributed by atoms with Crippen molar-refractivity contribution >= 4 is 39.1 Å². The molecule has 1 atom stereocenters. The van der Waals surface area contributed by atoms with Crippen molar-refractivity contribution in [3.8, 4) is 0 Å². The molecule has 7 nitrogen and oxygen atoms in total. The number of hydrogen-bond acceptors (Lipinski definition) is 4. The van der Waals surface area contributed by atoms with Gasteiger partial charge in [-0.1, -0.05) is 54.4 Å². The number of carbonyl (C=O) groups excluding carboxylic acids is 2. The zero-order valence-corrected chi connectivity index (χ0v) is 23.6. The number of nitrogens with one attached hydrogen (secondary N) is 1. The third-order valence-electron chi connectivity index (χ3n) is 5.66. The Morgan fingerprint density at radius 3 is 2.19 bits per heavy atom. The lowest BCUT2D eigenvalue weighted by Crippen LogP contribution is -2.53. The first-order valence-electron chi connectivity index (χ1n) is 12.1. The normalized spacial score (nSPS) is 12.6. The van der Waals surface area contributed by atoms with Crippen LogP contribution in [0.25, 0.3) is 0 Å². The van der Waals surface area contributed by atoms with Gasteiger partial charge in [-0.25, -0.2) is 8.42 Å². The molecular formula is C27H38ClN3O4S. The van der Waals surface area contributed by atoms with Crippen molar-refractivity contribution in [3.63, 3.8) is 0 Å². The highest BCUT2D eigenvalue weighted by Crippen LogP contribution is 2.22. The van der Waals surface area contributed by atoms with Crippen LogP contribution in [0.15, 0.2) is 48.5 Å². The van der Waals surface area contributed by atoms with Crippen molar-refractivity contribution < 1.29 is 18.0 Å². The first-order chi connectivity index (χ1) is 16.7. The van der Waals surface area contributed by atoms with Crippen molar-refractivity contribution in [3.05, 3.63) is 64.7 Å². The number of hydrogen-bond donors (Lipinski definition) is 1. The Morgan fingerprint density at radius 1 is 1.06 bits per heavy atom. The van der Waals surface area contributed by atoms with Gasteiger partial charge in [-0.2, -0.15) is 0 Å². The second kappa shape index (κ2) is 12.6. The van der Waals surface area contributed by atoms with Gasteiger partial charge in [-0.05, 0) is 64.3 Å². The van der Waals surface area contributed by atoms with Crippen molar-refractivity contribution in [2.75, 3.05) is 17.1 Å². The van der Waals surface area contributed by atoms with E-state index < -0.39 is 21.6 Å². The third kappa shape index (κ3) is 8.82. The number of aryl methyl sites for hydroxylation is 1. The Morgan fingerprint density at radius 2 is 1.67 bits per heavy atom. The van der Waals surface area contributed by atoms with E-state index in [0.29, 0.717) is 23.6 Å². The summed E-state index contributed by atoms with van der Waals surface area (Å²) in [4.78, 5) is 28.1. The molecule has 0 radical (unpaired) electrons. The molecule has 0 bridgehead atoms. The second-order valence-electron chi connectivity index (χ2n) is 10.1. The Balaban J connectivity index is 2.24. The number of anilines is 1. The summed E-state index contributed by atoms with van der Waals surface area (Å²) in [5.74, 6) is -0.467. The lowest BCUT2D eigenvalue weighted by molar-refractivity contribution is -0.142. The van der Waals surface area contributed by atoms with E-state index in [4.69, 9.17) is 11.6 Å². The zero-order chi connectivity index (χ0) is 27.1. The van der Waals surface area contributed by atoms with Crippen molar-refractivity contribution in [2.45, 2.75) is 72.0 Å². The van der Waals surface area contributed by atoms with Crippen LogP contribution in [0.5, 0.6) is 0 Å². The first kappa shape index (κ1) is 29.6. The molecule has 198 valence electrons. The molecule has 0 aliphatic heterocycles. The Labute approximate surface area is 220 Å². The zero-order valence-electron chi connectivity index (χ0n) is 22.0. The Kier molecular flexibility index (Phi) is 10.4.